The lowest BCUT2D eigenvalue weighted by atomic mass is 10.0. The third kappa shape index (κ3) is 5.93. The number of hydrogen-bond donors (Lipinski definition) is 4. The van der Waals surface area contributed by atoms with Crippen molar-refractivity contribution >= 4 is 28.9 Å². The first kappa shape index (κ1) is 25.0. The molecule has 11 heteroatoms. The molecule has 0 saturated carbocycles. The Bertz CT molecular complexity index is 1220. The van der Waals surface area contributed by atoms with E-state index in [1.165, 1.54) is 6.07 Å². The molecule has 1 aliphatic heterocycles. The number of carbonyl (C=O) groups excluding carboxylic acids is 1. The number of benzene rings is 1. The van der Waals surface area contributed by atoms with Gasteiger partial charge in [0.2, 0.25) is 5.91 Å². The number of aromatic amines is 1. The Labute approximate surface area is 207 Å². The van der Waals surface area contributed by atoms with Crippen LogP contribution in [0.1, 0.15) is 11.1 Å². The normalized spacial score (nSPS) is 16.0. The Balaban J connectivity index is 1.35. The molecule has 1 fully saturated rings. The van der Waals surface area contributed by atoms with Crippen molar-refractivity contribution in [2.24, 2.45) is 16.6 Å². The van der Waals surface area contributed by atoms with Crippen LogP contribution in [-0.2, 0) is 11.2 Å². The molecule has 1 aromatic carbocycles. The monoisotopic (exact) mass is 499 g/mol. The van der Waals surface area contributed by atoms with Crippen molar-refractivity contribution in [1.29, 1.82) is 0 Å². The molecular weight excluding hydrogens is 469 g/mol. The van der Waals surface area contributed by atoms with Gasteiger partial charge < -0.3 is 26.1 Å². The second kappa shape index (κ2) is 11.1. The van der Waals surface area contributed by atoms with Crippen molar-refractivity contribution in [3.63, 3.8) is 0 Å². The lowest BCUT2D eigenvalue weighted by Gasteiger charge is -2.36. The van der Waals surface area contributed by atoms with Crippen LogP contribution in [0.15, 0.2) is 47.8 Å². The molecule has 3 heterocycles. The van der Waals surface area contributed by atoms with Crippen LogP contribution in [0.5, 0.6) is 11.5 Å². The predicted molar refractivity (Wildman–Crippen MR) is 136 cm³/mol. The molecule has 3 aromatic rings. The number of H-pyrrole nitrogens is 1. The van der Waals surface area contributed by atoms with Crippen LogP contribution in [0.3, 0.4) is 0 Å². The lowest BCUT2D eigenvalue weighted by molar-refractivity contribution is -0.134. The van der Waals surface area contributed by atoms with Gasteiger partial charge in [-0.2, -0.15) is 0 Å². The van der Waals surface area contributed by atoms with Gasteiger partial charge >= 0.3 is 0 Å². The van der Waals surface area contributed by atoms with Gasteiger partial charge in [0, 0.05) is 56.2 Å². The van der Waals surface area contributed by atoms with E-state index in [4.69, 9.17) is 21.3 Å². The number of pyridine rings is 1. The number of aryl methyl sites for hydroxylation is 1. The van der Waals surface area contributed by atoms with Crippen LogP contribution < -0.4 is 21.3 Å². The largest absolute Gasteiger partial charge is 0.453 e. The smallest absolute Gasteiger partial charge is 0.239 e. The molecule has 2 aromatic heterocycles. The topological polar surface area (TPSA) is 140 Å². The highest BCUT2D eigenvalue weighted by Gasteiger charge is 2.26. The van der Waals surface area contributed by atoms with Crippen molar-refractivity contribution in [2.75, 3.05) is 32.7 Å². The summed E-state index contributed by atoms with van der Waals surface area (Å²) in [4.78, 5) is 24.1. The highest BCUT2D eigenvalue weighted by atomic mass is 32.2. The Kier molecular flexibility index (Phi) is 7.91. The summed E-state index contributed by atoms with van der Waals surface area (Å²) in [7, 11) is 0. The minimum atomic E-state index is -0.756. The number of carbonyl (C=O) groups is 1. The number of hydrogen-bond acceptors (Lipinski definition) is 8. The van der Waals surface area contributed by atoms with E-state index >= 15 is 0 Å². The van der Waals surface area contributed by atoms with Crippen LogP contribution >= 0.6 is 11.9 Å². The quantitative estimate of drug-likeness (QED) is 0.346. The molecule has 1 amide bonds. The maximum atomic E-state index is 14.9. The van der Waals surface area contributed by atoms with Gasteiger partial charge in [-0.1, -0.05) is 18.0 Å². The maximum Gasteiger partial charge on any atom is 0.239 e. The molecule has 1 saturated heterocycles. The molecule has 0 radical (unpaired) electrons. The van der Waals surface area contributed by atoms with Crippen molar-refractivity contribution in [3.05, 3.63) is 64.7 Å². The van der Waals surface area contributed by atoms with E-state index in [9.17, 15) is 9.18 Å². The average molecular weight is 500 g/mol. The highest BCUT2D eigenvalue weighted by molar-refractivity contribution is 8.00. The van der Waals surface area contributed by atoms with Crippen LogP contribution in [0.4, 0.5) is 4.39 Å². The summed E-state index contributed by atoms with van der Waals surface area (Å²) in [5.41, 5.74) is 15.1. The van der Waals surface area contributed by atoms with Crippen LogP contribution in [0.25, 0.3) is 11.0 Å². The second-order valence-corrected chi connectivity index (χ2v) is 9.12. The summed E-state index contributed by atoms with van der Waals surface area (Å²) in [5.74, 6) is -0.0478. The molecular formula is C24H30FN7O2S. The zero-order chi connectivity index (χ0) is 24.9. The first-order valence-corrected chi connectivity index (χ1v) is 12.3. The van der Waals surface area contributed by atoms with Gasteiger partial charge in [0.1, 0.15) is 11.4 Å². The number of halogens is 1. The molecule has 7 N–H and O–H groups in total. The predicted octanol–water partition coefficient (Wildman–Crippen LogP) is 2.22. The van der Waals surface area contributed by atoms with Crippen molar-refractivity contribution in [1.82, 2.24) is 19.8 Å². The minimum Gasteiger partial charge on any atom is -0.453 e. The zero-order valence-electron chi connectivity index (χ0n) is 19.5. The first-order chi connectivity index (χ1) is 16.9. The number of fused-ring (bicyclic) bond motifs is 1. The van der Waals surface area contributed by atoms with E-state index in [2.05, 4.69) is 14.9 Å². The molecule has 35 heavy (non-hydrogen) atoms. The van der Waals surface area contributed by atoms with E-state index in [0.29, 0.717) is 55.4 Å². The number of piperazine rings is 1. The number of nitrogens with zero attached hydrogens (tertiary/aromatic N) is 3. The number of nitrogens with one attached hydrogen (secondary N) is 1. The van der Waals surface area contributed by atoms with Gasteiger partial charge in [-0.25, -0.2) is 9.37 Å². The second-order valence-electron chi connectivity index (χ2n) is 8.61. The molecule has 186 valence electrons. The summed E-state index contributed by atoms with van der Waals surface area (Å²) >= 11 is 1.08. The maximum absolute atomic E-state index is 14.9. The Hall–Kier alpha value is -3.12. The number of aromatic nitrogens is 2. The summed E-state index contributed by atoms with van der Waals surface area (Å²) in [6, 6.07) is 5.61. The first-order valence-electron chi connectivity index (χ1n) is 11.3. The Morgan fingerprint density at radius 3 is 2.77 bits per heavy atom. The summed E-state index contributed by atoms with van der Waals surface area (Å²) in [6.45, 7) is 5.07. The van der Waals surface area contributed by atoms with Gasteiger partial charge in [-0.3, -0.25) is 14.8 Å². The summed E-state index contributed by atoms with van der Waals surface area (Å²) in [5, 5.41) is 7.92. The summed E-state index contributed by atoms with van der Waals surface area (Å²) in [6.07, 6.45) is 3.67. The van der Waals surface area contributed by atoms with Crippen molar-refractivity contribution < 1.29 is 13.9 Å². The number of rotatable bonds is 8. The van der Waals surface area contributed by atoms with Crippen LogP contribution in [0, 0.1) is 12.7 Å². The van der Waals surface area contributed by atoms with E-state index < -0.39 is 11.9 Å². The third-order valence-corrected chi connectivity index (χ3v) is 6.47. The van der Waals surface area contributed by atoms with Crippen molar-refractivity contribution in [3.8, 4) is 11.5 Å². The zero-order valence-corrected chi connectivity index (χ0v) is 20.4. The molecule has 4 rings (SSSR count). The summed E-state index contributed by atoms with van der Waals surface area (Å²) < 4.78 is 20.7. The Morgan fingerprint density at radius 2 is 2.06 bits per heavy atom. The Morgan fingerprint density at radius 1 is 1.29 bits per heavy atom. The lowest BCUT2D eigenvalue weighted by Crippen LogP contribution is -2.54. The molecule has 1 aliphatic rings. The molecule has 1 atom stereocenters. The minimum absolute atomic E-state index is 0.0965. The fourth-order valence-corrected chi connectivity index (χ4v) is 4.48. The number of amides is 1. The van der Waals surface area contributed by atoms with E-state index in [1.807, 2.05) is 13.1 Å². The number of ether oxygens (including phenoxy) is 1. The van der Waals surface area contributed by atoms with E-state index in [1.54, 1.807) is 34.7 Å². The third-order valence-electron chi connectivity index (χ3n) is 6.03. The van der Waals surface area contributed by atoms with Crippen molar-refractivity contribution in [2.45, 2.75) is 19.4 Å². The molecule has 1 unspecified atom stereocenters. The fourth-order valence-electron chi connectivity index (χ4n) is 4.23. The fraction of sp³-hybridized carbons (Fsp3) is 0.333. The van der Waals surface area contributed by atoms with Gasteiger partial charge in [-0.15, -0.1) is 0 Å². The van der Waals surface area contributed by atoms with E-state index in [0.717, 1.165) is 22.9 Å². The van der Waals surface area contributed by atoms with Gasteiger partial charge in [0.15, 0.2) is 11.6 Å². The standard InChI is InChI=1S/C24H30FN7O2S/c1-15-12-30-23-22(15)21(4-5-29-23)34-20-3-2-16(10-18(20)25)11-19(27)24(33)32-8-6-31(7-9-32)13-17(26)14-35-28/h2-5,10,12,14,19H,6-9,11,13,26-28H2,1H3,(H,29,30)/b17-14-. The SMILES string of the molecule is Cc1c[nH]c2nccc(Oc3ccc(CC(N)C(=O)N4CCN(C/C(N)=C/SN)CC4)cc3F)c12. The van der Waals surface area contributed by atoms with E-state index in [-0.39, 0.29) is 18.1 Å². The van der Waals surface area contributed by atoms with Crippen LogP contribution in [-0.4, -0.2) is 64.4 Å². The highest BCUT2D eigenvalue weighted by Crippen LogP contribution is 2.32. The molecule has 0 bridgehead atoms. The van der Waals surface area contributed by atoms with Gasteiger partial charge in [0.05, 0.1) is 11.4 Å². The average Bonchev–Trinajstić information content (AvgIpc) is 3.22. The molecule has 0 spiro atoms. The van der Waals surface area contributed by atoms with Gasteiger partial charge in [-0.05, 0) is 42.7 Å². The molecule has 9 nitrogen and oxygen atoms in total. The molecule has 0 aliphatic carbocycles. The number of nitrogens with two attached hydrogens (primary N) is 3. The van der Waals surface area contributed by atoms with Gasteiger partial charge in [0.25, 0.3) is 0 Å². The van der Waals surface area contributed by atoms with Crippen LogP contribution in [0.2, 0.25) is 0 Å².